The predicted octanol–water partition coefficient (Wildman–Crippen LogP) is 3.89. The van der Waals surface area contributed by atoms with Gasteiger partial charge >= 0.3 is 0 Å². The number of fused-ring (bicyclic) bond motifs is 4. The maximum atomic E-state index is 5.52. The van der Waals surface area contributed by atoms with E-state index in [-0.39, 0.29) is 0 Å². The summed E-state index contributed by atoms with van der Waals surface area (Å²) in [7, 11) is 0. The van der Waals surface area contributed by atoms with Gasteiger partial charge in [0.05, 0.1) is 6.61 Å². The van der Waals surface area contributed by atoms with Crippen LogP contribution in [0.25, 0.3) is 11.8 Å². The Hall–Kier alpha value is -2.26. The van der Waals surface area contributed by atoms with E-state index in [4.69, 9.17) is 9.78 Å². The van der Waals surface area contributed by atoms with Crippen LogP contribution in [0.5, 0.6) is 5.75 Å². The SMILES string of the molecule is CCOOc1cccc2c1C1=Cc3ccccc3CN1CC2. The fourth-order valence-corrected chi connectivity index (χ4v) is 3.30. The highest BCUT2D eigenvalue weighted by molar-refractivity contribution is 5.87. The van der Waals surface area contributed by atoms with Crippen LogP contribution >= 0.6 is 0 Å². The molecule has 0 bridgehead atoms. The zero-order chi connectivity index (χ0) is 14.9. The van der Waals surface area contributed by atoms with Crippen LogP contribution in [-0.4, -0.2) is 18.1 Å². The van der Waals surface area contributed by atoms with Crippen molar-refractivity contribution in [1.82, 2.24) is 4.90 Å². The van der Waals surface area contributed by atoms with Gasteiger partial charge in [0.15, 0.2) is 5.75 Å². The first-order valence-corrected chi connectivity index (χ1v) is 7.83. The number of hydrogen-bond donors (Lipinski definition) is 0. The molecule has 0 unspecified atom stereocenters. The normalized spacial score (nSPS) is 15.5. The maximum absolute atomic E-state index is 5.52. The van der Waals surface area contributed by atoms with Crippen molar-refractivity contribution in [3.8, 4) is 5.75 Å². The molecule has 3 heteroatoms. The fraction of sp³-hybridized carbons (Fsp3) is 0.263. The number of nitrogens with zero attached hydrogens (tertiary/aromatic N) is 1. The van der Waals surface area contributed by atoms with Crippen molar-refractivity contribution in [2.24, 2.45) is 0 Å². The van der Waals surface area contributed by atoms with E-state index in [1.54, 1.807) is 0 Å². The third-order valence-corrected chi connectivity index (χ3v) is 4.34. The van der Waals surface area contributed by atoms with Gasteiger partial charge in [-0.1, -0.05) is 36.4 Å². The van der Waals surface area contributed by atoms with Gasteiger partial charge in [-0.3, -0.25) is 0 Å². The third kappa shape index (κ3) is 2.18. The summed E-state index contributed by atoms with van der Waals surface area (Å²) in [6.45, 7) is 4.47. The molecule has 2 aromatic carbocycles. The Bertz CT molecular complexity index is 736. The molecule has 2 aliphatic heterocycles. The van der Waals surface area contributed by atoms with E-state index < -0.39 is 0 Å². The average molecular weight is 293 g/mol. The first kappa shape index (κ1) is 13.4. The number of hydrogen-bond acceptors (Lipinski definition) is 3. The molecule has 0 fully saturated rings. The lowest BCUT2D eigenvalue weighted by Crippen LogP contribution is -2.31. The number of rotatable bonds is 3. The average Bonchev–Trinajstić information content (AvgIpc) is 2.57. The first-order chi connectivity index (χ1) is 10.9. The Balaban J connectivity index is 1.83. The Kier molecular flexibility index (Phi) is 3.35. The van der Waals surface area contributed by atoms with Crippen LogP contribution in [0.1, 0.15) is 29.2 Å². The van der Waals surface area contributed by atoms with E-state index in [0.29, 0.717) is 6.61 Å². The molecule has 0 saturated heterocycles. The summed E-state index contributed by atoms with van der Waals surface area (Å²) < 4.78 is 0. The second-order valence-electron chi connectivity index (χ2n) is 5.68. The number of benzene rings is 2. The highest BCUT2D eigenvalue weighted by atomic mass is 17.2. The van der Waals surface area contributed by atoms with E-state index in [9.17, 15) is 0 Å². The quantitative estimate of drug-likeness (QED) is 0.633. The van der Waals surface area contributed by atoms with Crippen LogP contribution in [0.3, 0.4) is 0 Å². The van der Waals surface area contributed by atoms with Gasteiger partial charge < -0.3 is 9.79 Å². The zero-order valence-corrected chi connectivity index (χ0v) is 12.7. The molecule has 0 saturated carbocycles. The Morgan fingerprint density at radius 3 is 2.82 bits per heavy atom. The molecular weight excluding hydrogens is 274 g/mol. The van der Waals surface area contributed by atoms with E-state index in [1.165, 1.54) is 28.0 Å². The minimum absolute atomic E-state index is 0.537. The second-order valence-corrected chi connectivity index (χ2v) is 5.68. The lowest BCUT2D eigenvalue weighted by Gasteiger charge is -2.37. The molecule has 112 valence electrons. The van der Waals surface area contributed by atoms with Gasteiger partial charge in [-0.05, 0) is 42.2 Å². The zero-order valence-electron chi connectivity index (χ0n) is 12.7. The second kappa shape index (κ2) is 5.50. The highest BCUT2D eigenvalue weighted by Gasteiger charge is 2.27. The van der Waals surface area contributed by atoms with Gasteiger partial charge in [0.2, 0.25) is 0 Å². The smallest absolute Gasteiger partial charge is 0.174 e. The van der Waals surface area contributed by atoms with E-state index >= 15 is 0 Å². The van der Waals surface area contributed by atoms with Crippen LogP contribution < -0.4 is 4.89 Å². The van der Waals surface area contributed by atoms with E-state index in [1.807, 2.05) is 19.1 Å². The summed E-state index contributed by atoms with van der Waals surface area (Å²) in [6.07, 6.45) is 3.31. The molecule has 4 rings (SSSR count). The molecule has 0 N–H and O–H groups in total. The predicted molar refractivity (Wildman–Crippen MR) is 87.1 cm³/mol. The lowest BCUT2D eigenvalue weighted by molar-refractivity contribution is -0.202. The molecule has 22 heavy (non-hydrogen) atoms. The largest absolute Gasteiger partial charge is 0.366 e. The summed E-state index contributed by atoms with van der Waals surface area (Å²) in [5.74, 6) is 0.815. The molecule has 0 amide bonds. The summed E-state index contributed by atoms with van der Waals surface area (Å²) in [5.41, 5.74) is 6.44. The van der Waals surface area contributed by atoms with Crippen molar-refractivity contribution in [3.05, 3.63) is 64.7 Å². The lowest BCUT2D eigenvalue weighted by atomic mass is 9.90. The minimum Gasteiger partial charge on any atom is -0.366 e. The molecule has 0 aliphatic carbocycles. The van der Waals surface area contributed by atoms with Gasteiger partial charge in [0, 0.05) is 24.4 Å². The third-order valence-electron chi connectivity index (χ3n) is 4.34. The van der Waals surface area contributed by atoms with Gasteiger partial charge in [-0.25, -0.2) is 0 Å². The van der Waals surface area contributed by atoms with Crippen molar-refractivity contribution >= 4 is 11.8 Å². The van der Waals surface area contributed by atoms with Gasteiger partial charge in [-0.2, -0.15) is 4.89 Å². The fourth-order valence-electron chi connectivity index (χ4n) is 3.30. The minimum atomic E-state index is 0.537. The van der Waals surface area contributed by atoms with Crippen molar-refractivity contribution in [1.29, 1.82) is 0 Å². The molecule has 2 aliphatic rings. The molecule has 0 atom stereocenters. The first-order valence-electron chi connectivity index (χ1n) is 7.83. The molecular formula is C19H19NO2. The van der Waals surface area contributed by atoms with Crippen molar-refractivity contribution in [2.75, 3.05) is 13.2 Å². The van der Waals surface area contributed by atoms with Crippen LogP contribution in [0.15, 0.2) is 42.5 Å². The van der Waals surface area contributed by atoms with Gasteiger partial charge in [0.25, 0.3) is 0 Å². The molecule has 0 spiro atoms. The molecule has 0 radical (unpaired) electrons. The van der Waals surface area contributed by atoms with Crippen LogP contribution in [-0.2, 0) is 17.9 Å². The highest BCUT2D eigenvalue weighted by Crippen LogP contribution is 2.40. The van der Waals surface area contributed by atoms with Crippen molar-refractivity contribution in [3.63, 3.8) is 0 Å². The Labute approximate surface area is 130 Å². The summed E-state index contributed by atoms with van der Waals surface area (Å²) >= 11 is 0. The maximum Gasteiger partial charge on any atom is 0.174 e. The van der Waals surface area contributed by atoms with Crippen LogP contribution in [0.4, 0.5) is 0 Å². The molecule has 3 nitrogen and oxygen atoms in total. The van der Waals surface area contributed by atoms with E-state index in [0.717, 1.165) is 25.3 Å². The van der Waals surface area contributed by atoms with Gasteiger partial charge in [-0.15, -0.1) is 0 Å². The van der Waals surface area contributed by atoms with Gasteiger partial charge in [0.1, 0.15) is 0 Å². The van der Waals surface area contributed by atoms with Crippen molar-refractivity contribution < 1.29 is 9.78 Å². The molecule has 0 aromatic heterocycles. The molecule has 2 heterocycles. The summed E-state index contributed by atoms with van der Waals surface area (Å²) in [5, 5.41) is 0. The summed E-state index contributed by atoms with van der Waals surface area (Å²) in [6, 6.07) is 14.8. The van der Waals surface area contributed by atoms with Crippen molar-refractivity contribution in [2.45, 2.75) is 19.9 Å². The van der Waals surface area contributed by atoms with Crippen LogP contribution in [0.2, 0.25) is 0 Å². The standard InChI is InChI=1S/C19H19NO2/c1-2-21-22-18-9-5-8-14-10-11-20-13-16-7-4-3-6-15(16)12-17(20)19(14)18/h3-9,12H,2,10-11,13H2,1H3. The summed E-state index contributed by atoms with van der Waals surface area (Å²) in [4.78, 5) is 13.1. The van der Waals surface area contributed by atoms with E-state index in [2.05, 4.69) is 41.3 Å². The Morgan fingerprint density at radius 1 is 1.05 bits per heavy atom. The topological polar surface area (TPSA) is 21.7 Å². The monoisotopic (exact) mass is 293 g/mol. The Morgan fingerprint density at radius 2 is 1.91 bits per heavy atom. The molecule has 2 aromatic rings. The van der Waals surface area contributed by atoms with Crippen LogP contribution in [0, 0.1) is 0 Å².